The summed E-state index contributed by atoms with van der Waals surface area (Å²) in [5.74, 6) is 1.29. The monoisotopic (exact) mass is 405 g/mol. The van der Waals surface area contributed by atoms with E-state index < -0.39 is 0 Å². The lowest BCUT2D eigenvalue weighted by atomic mass is 9.88. The standard InChI is InChI=1S/C24H31N5O/c30-24(19-4-2-1-3-5-19)25-20-8-6-18(7-9-20)22-12-13-23(27-26-22)29-16-14-28(15-17-29)21-10-11-21/h6-9,12-13,19,21H,1-5,10-11,14-17H2,(H,25,30). The molecule has 1 aromatic heterocycles. The number of aromatic nitrogens is 2. The van der Waals surface area contributed by atoms with Crippen molar-refractivity contribution in [3.8, 4) is 11.3 Å². The number of anilines is 2. The van der Waals surface area contributed by atoms with Crippen molar-refractivity contribution in [2.24, 2.45) is 5.92 Å². The zero-order chi connectivity index (χ0) is 20.3. The molecule has 1 saturated heterocycles. The molecule has 0 spiro atoms. The first-order chi connectivity index (χ1) is 14.8. The number of nitrogens with zero attached hydrogens (tertiary/aromatic N) is 4. The number of rotatable bonds is 5. The zero-order valence-electron chi connectivity index (χ0n) is 17.6. The summed E-state index contributed by atoms with van der Waals surface area (Å²) in [4.78, 5) is 17.4. The highest BCUT2D eigenvalue weighted by atomic mass is 16.1. The first kappa shape index (κ1) is 19.5. The molecular weight excluding hydrogens is 374 g/mol. The van der Waals surface area contributed by atoms with Crippen LogP contribution < -0.4 is 10.2 Å². The van der Waals surface area contributed by atoms with Crippen LogP contribution in [0.25, 0.3) is 11.3 Å². The molecule has 1 amide bonds. The van der Waals surface area contributed by atoms with Crippen LogP contribution in [0.2, 0.25) is 0 Å². The molecule has 2 aromatic rings. The zero-order valence-corrected chi connectivity index (χ0v) is 17.6. The summed E-state index contributed by atoms with van der Waals surface area (Å²) in [6.45, 7) is 4.31. The van der Waals surface area contributed by atoms with Crippen LogP contribution in [-0.4, -0.2) is 53.2 Å². The molecule has 0 radical (unpaired) electrons. The average Bonchev–Trinajstić information content (AvgIpc) is 3.66. The second-order valence-electron chi connectivity index (χ2n) is 8.93. The summed E-state index contributed by atoms with van der Waals surface area (Å²) in [5, 5.41) is 12.0. The van der Waals surface area contributed by atoms with Crippen LogP contribution in [0.4, 0.5) is 11.5 Å². The van der Waals surface area contributed by atoms with Gasteiger partial charge in [0.2, 0.25) is 5.91 Å². The Morgan fingerprint density at radius 2 is 1.57 bits per heavy atom. The van der Waals surface area contributed by atoms with Crippen LogP contribution in [0, 0.1) is 5.92 Å². The van der Waals surface area contributed by atoms with Crippen molar-refractivity contribution in [2.75, 3.05) is 36.4 Å². The summed E-state index contributed by atoms with van der Waals surface area (Å²) in [7, 11) is 0. The second-order valence-corrected chi connectivity index (χ2v) is 8.93. The van der Waals surface area contributed by atoms with Gasteiger partial charge in [-0.2, -0.15) is 0 Å². The van der Waals surface area contributed by atoms with Gasteiger partial charge in [0.1, 0.15) is 0 Å². The molecule has 0 unspecified atom stereocenters. The van der Waals surface area contributed by atoms with Crippen molar-refractivity contribution in [1.82, 2.24) is 15.1 Å². The number of nitrogens with one attached hydrogen (secondary N) is 1. The van der Waals surface area contributed by atoms with Gasteiger partial charge >= 0.3 is 0 Å². The highest BCUT2D eigenvalue weighted by Gasteiger charge is 2.31. The number of carbonyl (C=O) groups is 1. The Labute approximate surface area is 178 Å². The van der Waals surface area contributed by atoms with E-state index >= 15 is 0 Å². The molecule has 3 aliphatic rings. The minimum absolute atomic E-state index is 0.161. The maximum Gasteiger partial charge on any atom is 0.227 e. The Morgan fingerprint density at radius 3 is 2.20 bits per heavy atom. The maximum atomic E-state index is 12.4. The van der Waals surface area contributed by atoms with E-state index in [-0.39, 0.29) is 11.8 Å². The number of piperazine rings is 1. The molecule has 3 fully saturated rings. The molecule has 2 heterocycles. The van der Waals surface area contributed by atoms with E-state index in [1.54, 1.807) is 0 Å². The van der Waals surface area contributed by atoms with E-state index in [0.717, 1.165) is 67.8 Å². The molecule has 158 valence electrons. The molecule has 0 bridgehead atoms. The van der Waals surface area contributed by atoms with Crippen LogP contribution >= 0.6 is 0 Å². The normalized spacial score (nSPS) is 20.9. The van der Waals surface area contributed by atoms with E-state index in [1.807, 2.05) is 30.3 Å². The van der Waals surface area contributed by atoms with Crippen LogP contribution in [0.5, 0.6) is 0 Å². The molecule has 1 aliphatic heterocycles. The third kappa shape index (κ3) is 4.48. The lowest BCUT2D eigenvalue weighted by Gasteiger charge is -2.35. The van der Waals surface area contributed by atoms with Gasteiger partial charge in [-0.15, -0.1) is 10.2 Å². The van der Waals surface area contributed by atoms with Gasteiger partial charge in [-0.25, -0.2) is 0 Å². The molecular formula is C24H31N5O. The second kappa shape index (κ2) is 8.72. The maximum absolute atomic E-state index is 12.4. The van der Waals surface area contributed by atoms with Gasteiger partial charge in [0.15, 0.2) is 5.82 Å². The van der Waals surface area contributed by atoms with Crippen molar-refractivity contribution in [1.29, 1.82) is 0 Å². The van der Waals surface area contributed by atoms with Gasteiger partial charge in [0.05, 0.1) is 5.69 Å². The van der Waals surface area contributed by atoms with Gasteiger partial charge in [-0.05, 0) is 49.9 Å². The van der Waals surface area contributed by atoms with Crippen LogP contribution in [0.3, 0.4) is 0 Å². The van der Waals surface area contributed by atoms with E-state index in [2.05, 4.69) is 31.4 Å². The number of hydrogen-bond donors (Lipinski definition) is 1. The molecule has 1 aromatic carbocycles. The molecule has 2 saturated carbocycles. The van der Waals surface area contributed by atoms with Gasteiger partial charge in [0, 0.05) is 49.4 Å². The third-order valence-electron chi connectivity index (χ3n) is 6.78. The largest absolute Gasteiger partial charge is 0.353 e. The van der Waals surface area contributed by atoms with Gasteiger partial charge in [-0.3, -0.25) is 9.69 Å². The summed E-state index contributed by atoms with van der Waals surface area (Å²) < 4.78 is 0. The fourth-order valence-electron chi connectivity index (χ4n) is 4.74. The number of benzene rings is 1. The molecule has 5 rings (SSSR count). The molecule has 30 heavy (non-hydrogen) atoms. The van der Waals surface area contributed by atoms with E-state index in [9.17, 15) is 4.79 Å². The highest BCUT2D eigenvalue weighted by Crippen LogP contribution is 2.29. The van der Waals surface area contributed by atoms with E-state index in [1.165, 1.54) is 32.1 Å². The Bertz CT molecular complexity index is 848. The fraction of sp³-hybridized carbons (Fsp3) is 0.542. The van der Waals surface area contributed by atoms with Crippen LogP contribution in [0.1, 0.15) is 44.9 Å². The van der Waals surface area contributed by atoms with Crippen molar-refractivity contribution < 1.29 is 4.79 Å². The lowest BCUT2D eigenvalue weighted by Crippen LogP contribution is -2.47. The number of amides is 1. The Balaban J connectivity index is 1.18. The third-order valence-corrected chi connectivity index (χ3v) is 6.78. The van der Waals surface area contributed by atoms with Gasteiger partial charge in [0.25, 0.3) is 0 Å². The number of carbonyl (C=O) groups excluding carboxylic acids is 1. The Hall–Kier alpha value is -2.47. The summed E-state index contributed by atoms with van der Waals surface area (Å²) in [6.07, 6.45) is 8.37. The van der Waals surface area contributed by atoms with Gasteiger partial charge in [-0.1, -0.05) is 31.4 Å². The highest BCUT2D eigenvalue weighted by molar-refractivity contribution is 5.92. The van der Waals surface area contributed by atoms with Crippen molar-refractivity contribution in [3.05, 3.63) is 36.4 Å². The summed E-state index contributed by atoms with van der Waals surface area (Å²) in [5.41, 5.74) is 2.73. The summed E-state index contributed by atoms with van der Waals surface area (Å²) >= 11 is 0. The molecule has 6 nitrogen and oxygen atoms in total. The Kier molecular flexibility index (Phi) is 5.67. The smallest absolute Gasteiger partial charge is 0.227 e. The predicted octanol–water partition coefficient (Wildman–Crippen LogP) is 3.95. The fourth-order valence-corrected chi connectivity index (χ4v) is 4.74. The Morgan fingerprint density at radius 1 is 0.833 bits per heavy atom. The van der Waals surface area contributed by atoms with Gasteiger partial charge < -0.3 is 10.2 Å². The number of hydrogen-bond acceptors (Lipinski definition) is 5. The van der Waals surface area contributed by atoms with Crippen LogP contribution in [-0.2, 0) is 4.79 Å². The van der Waals surface area contributed by atoms with Crippen molar-refractivity contribution >= 4 is 17.4 Å². The van der Waals surface area contributed by atoms with Crippen molar-refractivity contribution in [3.63, 3.8) is 0 Å². The minimum atomic E-state index is 0.161. The average molecular weight is 406 g/mol. The SMILES string of the molecule is O=C(Nc1ccc(-c2ccc(N3CCN(C4CC4)CC3)nn2)cc1)C1CCCCC1. The van der Waals surface area contributed by atoms with Crippen molar-refractivity contribution in [2.45, 2.75) is 51.0 Å². The minimum Gasteiger partial charge on any atom is -0.353 e. The molecule has 6 heteroatoms. The molecule has 0 atom stereocenters. The van der Waals surface area contributed by atoms with E-state index in [4.69, 9.17) is 0 Å². The first-order valence-electron chi connectivity index (χ1n) is 11.5. The quantitative estimate of drug-likeness (QED) is 0.816. The first-order valence-corrected chi connectivity index (χ1v) is 11.5. The van der Waals surface area contributed by atoms with E-state index in [0.29, 0.717) is 0 Å². The molecule has 1 N–H and O–H groups in total. The topological polar surface area (TPSA) is 61.4 Å². The summed E-state index contributed by atoms with van der Waals surface area (Å²) in [6, 6.07) is 12.9. The van der Waals surface area contributed by atoms with Crippen LogP contribution in [0.15, 0.2) is 36.4 Å². The molecule has 2 aliphatic carbocycles. The lowest BCUT2D eigenvalue weighted by molar-refractivity contribution is -0.120. The predicted molar refractivity (Wildman–Crippen MR) is 119 cm³/mol.